The normalized spacial score (nSPS) is 10.2. The van der Waals surface area contributed by atoms with Crippen molar-refractivity contribution in [2.45, 2.75) is 6.54 Å². The van der Waals surface area contributed by atoms with Crippen LogP contribution in [0, 0.1) is 0 Å². The topological polar surface area (TPSA) is 69.7 Å². The van der Waals surface area contributed by atoms with Crippen molar-refractivity contribution in [1.82, 2.24) is 4.98 Å². The average molecular weight is 416 g/mol. The van der Waals surface area contributed by atoms with Crippen LogP contribution >= 0.6 is 27.5 Å². The maximum Gasteiger partial charge on any atom is 0.357 e. The van der Waals surface area contributed by atoms with Crippen molar-refractivity contribution in [2.75, 3.05) is 26.6 Å². The summed E-state index contributed by atoms with van der Waals surface area (Å²) in [6.07, 6.45) is 0. The first-order valence-electron chi connectivity index (χ1n) is 6.89. The number of hydrogen-bond donors (Lipinski definition) is 1. The van der Waals surface area contributed by atoms with Gasteiger partial charge in [0.25, 0.3) is 0 Å². The zero-order valence-electron chi connectivity index (χ0n) is 13.4. The summed E-state index contributed by atoms with van der Waals surface area (Å²) in [5, 5.41) is 3.38. The molecule has 6 nitrogen and oxygen atoms in total. The first-order valence-corrected chi connectivity index (χ1v) is 8.06. The zero-order chi connectivity index (χ0) is 17.7. The smallest absolute Gasteiger partial charge is 0.357 e. The number of carbonyl (C=O) groups excluding carboxylic acids is 1. The quantitative estimate of drug-likeness (QED) is 0.570. The molecule has 0 aliphatic rings. The van der Waals surface area contributed by atoms with Gasteiger partial charge in [0.15, 0.2) is 5.69 Å². The van der Waals surface area contributed by atoms with Crippen molar-refractivity contribution < 1.29 is 19.0 Å². The summed E-state index contributed by atoms with van der Waals surface area (Å²) in [4.78, 5) is 15.7. The van der Waals surface area contributed by atoms with Gasteiger partial charge in [-0.1, -0.05) is 11.6 Å². The largest absolute Gasteiger partial charge is 0.497 e. The number of ether oxygens (including phenoxy) is 3. The Kier molecular flexibility index (Phi) is 6.28. The molecule has 1 heterocycles. The Morgan fingerprint density at radius 1 is 1.25 bits per heavy atom. The van der Waals surface area contributed by atoms with Crippen LogP contribution in [-0.4, -0.2) is 32.3 Å². The molecule has 1 N–H and O–H groups in total. The van der Waals surface area contributed by atoms with Crippen LogP contribution in [0.4, 0.5) is 5.69 Å². The predicted molar refractivity (Wildman–Crippen MR) is 95.2 cm³/mol. The summed E-state index contributed by atoms with van der Waals surface area (Å²) in [7, 11) is 4.47. The Morgan fingerprint density at radius 3 is 2.62 bits per heavy atom. The number of nitrogens with one attached hydrogen (secondary N) is 1. The lowest BCUT2D eigenvalue weighted by Crippen LogP contribution is -2.09. The lowest BCUT2D eigenvalue weighted by Gasteiger charge is -2.14. The maximum atomic E-state index is 11.7. The molecule has 0 unspecified atom stereocenters. The Balaban J connectivity index is 2.26. The number of rotatable bonds is 6. The van der Waals surface area contributed by atoms with E-state index in [2.05, 4.69) is 26.2 Å². The number of nitrogens with zero attached hydrogens (tertiary/aromatic N) is 1. The van der Waals surface area contributed by atoms with Crippen LogP contribution in [0.15, 0.2) is 28.7 Å². The van der Waals surface area contributed by atoms with Gasteiger partial charge in [0.2, 0.25) is 0 Å². The number of halogens is 2. The van der Waals surface area contributed by atoms with Gasteiger partial charge in [-0.3, -0.25) is 0 Å². The number of methoxy groups -OCH3 is 3. The van der Waals surface area contributed by atoms with E-state index in [0.717, 1.165) is 5.56 Å². The van der Waals surface area contributed by atoms with Gasteiger partial charge in [0, 0.05) is 18.2 Å². The van der Waals surface area contributed by atoms with Gasteiger partial charge in [-0.05, 0) is 34.1 Å². The average Bonchev–Trinajstić information content (AvgIpc) is 2.61. The van der Waals surface area contributed by atoms with Crippen LogP contribution in [0.25, 0.3) is 0 Å². The van der Waals surface area contributed by atoms with E-state index >= 15 is 0 Å². The number of carbonyl (C=O) groups is 1. The van der Waals surface area contributed by atoms with Crippen LogP contribution in [0.5, 0.6) is 11.5 Å². The second kappa shape index (κ2) is 8.21. The molecule has 0 saturated carbocycles. The van der Waals surface area contributed by atoms with Crippen molar-refractivity contribution in [3.05, 3.63) is 45.1 Å². The Labute approximate surface area is 153 Å². The van der Waals surface area contributed by atoms with E-state index in [-0.39, 0.29) is 10.8 Å². The van der Waals surface area contributed by atoms with E-state index in [0.29, 0.717) is 28.2 Å². The van der Waals surface area contributed by atoms with Crippen LogP contribution in [0.3, 0.4) is 0 Å². The molecular weight excluding hydrogens is 400 g/mol. The fourth-order valence-electron chi connectivity index (χ4n) is 2.05. The molecule has 0 saturated heterocycles. The molecule has 0 fully saturated rings. The highest BCUT2D eigenvalue weighted by molar-refractivity contribution is 9.10. The molecule has 0 radical (unpaired) electrons. The van der Waals surface area contributed by atoms with Gasteiger partial charge in [0.1, 0.15) is 16.7 Å². The first kappa shape index (κ1) is 18.4. The van der Waals surface area contributed by atoms with Crippen molar-refractivity contribution in [3.63, 3.8) is 0 Å². The van der Waals surface area contributed by atoms with Gasteiger partial charge in [0.05, 0.1) is 31.5 Å². The second-order valence-corrected chi connectivity index (χ2v) is 5.86. The summed E-state index contributed by atoms with van der Waals surface area (Å²) < 4.78 is 15.7. The Bertz CT molecular complexity index is 755. The van der Waals surface area contributed by atoms with Crippen LogP contribution < -0.4 is 14.8 Å². The van der Waals surface area contributed by atoms with Gasteiger partial charge in [-0.2, -0.15) is 0 Å². The highest BCUT2D eigenvalue weighted by Gasteiger charge is 2.17. The molecule has 128 valence electrons. The highest BCUT2D eigenvalue weighted by Crippen LogP contribution is 2.30. The lowest BCUT2D eigenvalue weighted by atomic mass is 10.2. The van der Waals surface area contributed by atoms with E-state index in [1.54, 1.807) is 26.4 Å². The molecule has 8 heteroatoms. The molecule has 0 bridgehead atoms. The Morgan fingerprint density at radius 2 is 2.00 bits per heavy atom. The van der Waals surface area contributed by atoms with Gasteiger partial charge < -0.3 is 19.5 Å². The standard InChI is InChI=1S/C16H16BrClN2O4/c1-22-10-5-4-9(12(6-10)23-2)8-19-11-7-13(18)20-15(14(11)17)16(21)24-3/h4-7H,8H2,1-3H3,(H,19,20). The minimum Gasteiger partial charge on any atom is -0.497 e. The van der Waals surface area contributed by atoms with E-state index in [1.807, 2.05) is 12.1 Å². The molecule has 1 aromatic heterocycles. The minimum absolute atomic E-state index is 0.106. The van der Waals surface area contributed by atoms with Gasteiger partial charge in [-0.15, -0.1) is 0 Å². The van der Waals surface area contributed by atoms with Crippen molar-refractivity contribution in [3.8, 4) is 11.5 Å². The zero-order valence-corrected chi connectivity index (χ0v) is 15.7. The summed E-state index contributed by atoms with van der Waals surface area (Å²) in [6, 6.07) is 7.15. The summed E-state index contributed by atoms with van der Waals surface area (Å²) in [6.45, 7) is 0.451. The molecule has 2 rings (SSSR count). The minimum atomic E-state index is -0.575. The lowest BCUT2D eigenvalue weighted by molar-refractivity contribution is 0.0593. The number of hydrogen-bond acceptors (Lipinski definition) is 6. The van der Waals surface area contributed by atoms with E-state index in [1.165, 1.54) is 7.11 Å². The number of aromatic nitrogens is 1. The highest BCUT2D eigenvalue weighted by atomic mass is 79.9. The summed E-state index contributed by atoms with van der Waals surface area (Å²) in [5.74, 6) is 0.817. The first-order chi connectivity index (χ1) is 11.5. The van der Waals surface area contributed by atoms with E-state index in [9.17, 15) is 4.79 Å². The molecule has 1 aromatic carbocycles. The number of benzene rings is 1. The third kappa shape index (κ3) is 4.10. The van der Waals surface area contributed by atoms with Crippen LogP contribution in [0.1, 0.15) is 16.1 Å². The molecule has 0 aliphatic carbocycles. The van der Waals surface area contributed by atoms with Crippen molar-refractivity contribution >= 4 is 39.2 Å². The van der Waals surface area contributed by atoms with E-state index in [4.69, 9.17) is 25.8 Å². The monoisotopic (exact) mass is 414 g/mol. The van der Waals surface area contributed by atoms with Crippen molar-refractivity contribution in [1.29, 1.82) is 0 Å². The predicted octanol–water partition coefficient (Wildman–Crippen LogP) is 3.91. The Hall–Kier alpha value is -1.99. The van der Waals surface area contributed by atoms with Gasteiger partial charge >= 0.3 is 5.97 Å². The number of esters is 1. The van der Waals surface area contributed by atoms with E-state index < -0.39 is 5.97 Å². The summed E-state index contributed by atoms with van der Waals surface area (Å²) >= 11 is 9.34. The van der Waals surface area contributed by atoms with Gasteiger partial charge in [-0.25, -0.2) is 9.78 Å². The third-order valence-electron chi connectivity index (χ3n) is 3.27. The fourth-order valence-corrected chi connectivity index (χ4v) is 2.75. The maximum absolute atomic E-state index is 11.7. The molecule has 0 spiro atoms. The SMILES string of the molecule is COC(=O)c1nc(Cl)cc(NCc2ccc(OC)cc2OC)c1Br. The number of anilines is 1. The van der Waals surface area contributed by atoms with Crippen LogP contribution in [0.2, 0.25) is 5.15 Å². The molecule has 0 amide bonds. The molecule has 24 heavy (non-hydrogen) atoms. The second-order valence-electron chi connectivity index (χ2n) is 4.68. The number of pyridine rings is 1. The molecule has 0 atom stereocenters. The molecular formula is C16H16BrClN2O4. The third-order valence-corrected chi connectivity index (χ3v) is 4.27. The van der Waals surface area contributed by atoms with Crippen LogP contribution in [-0.2, 0) is 11.3 Å². The van der Waals surface area contributed by atoms with Crippen molar-refractivity contribution in [2.24, 2.45) is 0 Å². The fraction of sp³-hybridized carbons (Fsp3) is 0.250. The molecule has 2 aromatic rings. The molecule has 0 aliphatic heterocycles. The summed E-state index contributed by atoms with van der Waals surface area (Å²) in [5.41, 5.74) is 1.64.